The fraction of sp³-hybridized carbons (Fsp3) is 0.150. The molecule has 0 bridgehead atoms. The van der Waals surface area contributed by atoms with Crippen molar-refractivity contribution in [1.82, 2.24) is 20.2 Å². The summed E-state index contributed by atoms with van der Waals surface area (Å²) in [7, 11) is 0. The number of hydrogen-bond donors (Lipinski definition) is 3. The molecule has 1 aliphatic heterocycles. The Morgan fingerprint density at radius 3 is 2.71 bits per heavy atom. The van der Waals surface area contributed by atoms with Crippen LogP contribution in [0.5, 0.6) is 0 Å². The zero-order chi connectivity index (χ0) is 22.0. The van der Waals surface area contributed by atoms with Crippen molar-refractivity contribution in [2.45, 2.75) is 6.42 Å². The van der Waals surface area contributed by atoms with Gasteiger partial charge in [-0.3, -0.25) is 24.1 Å². The molecule has 9 nitrogen and oxygen atoms in total. The highest BCUT2D eigenvalue weighted by molar-refractivity contribution is 7.18. The van der Waals surface area contributed by atoms with Crippen LogP contribution in [0.3, 0.4) is 0 Å². The van der Waals surface area contributed by atoms with Crippen LogP contribution >= 0.6 is 22.9 Å². The van der Waals surface area contributed by atoms with Crippen LogP contribution in [0.25, 0.3) is 0 Å². The molecule has 3 heterocycles. The van der Waals surface area contributed by atoms with E-state index in [1.54, 1.807) is 30.7 Å². The molecular formula is C20H16ClN5O4S. The summed E-state index contributed by atoms with van der Waals surface area (Å²) in [5.74, 6) is -2.13. The van der Waals surface area contributed by atoms with Crippen molar-refractivity contribution in [3.05, 3.63) is 68.9 Å². The predicted molar refractivity (Wildman–Crippen MR) is 114 cm³/mol. The van der Waals surface area contributed by atoms with Gasteiger partial charge in [0.05, 0.1) is 32.4 Å². The summed E-state index contributed by atoms with van der Waals surface area (Å²) in [5, 5.41) is 5.32. The van der Waals surface area contributed by atoms with Gasteiger partial charge in [-0.25, -0.2) is 4.98 Å². The molecule has 0 aliphatic carbocycles. The van der Waals surface area contributed by atoms with Crippen LogP contribution in [-0.2, 0) is 11.2 Å². The van der Waals surface area contributed by atoms with E-state index in [0.29, 0.717) is 22.2 Å². The van der Waals surface area contributed by atoms with E-state index < -0.39 is 30.2 Å². The Bertz CT molecular complexity index is 1170. The lowest BCUT2D eigenvalue weighted by molar-refractivity contribution is -0.121. The number of nitrogens with zero attached hydrogens (tertiary/aromatic N) is 2. The second-order valence-corrected chi connectivity index (χ2v) is 8.37. The van der Waals surface area contributed by atoms with Gasteiger partial charge >= 0.3 is 0 Å². The number of amides is 4. The summed E-state index contributed by atoms with van der Waals surface area (Å²) in [6.07, 6.45) is 3.73. The third kappa shape index (κ3) is 4.35. The number of nitrogens with one attached hydrogen (secondary N) is 3. The van der Waals surface area contributed by atoms with E-state index in [2.05, 4.69) is 20.6 Å². The Morgan fingerprint density at radius 1 is 1.16 bits per heavy atom. The van der Waals surface area contributed by atoms with Gasteiger partial charge in [-0.1, -0.05) is 17.7 Å². The number of fused-ring (bicyclic) bond motifs is 1. The quantitative estimate of drug-likeness (QED) is 0.470. The number of benzene rings is 1. The summed E-state index contributed by atoms with van der Waals surface area (Å²) < 4.78 is 0.458. The largest absolute Gasteiger partial charge is 0.354 e. The van der Waals surface area contributed by atoms with E-state index >= 15 is 0 Å². The van der Waals surface area contributed by atoms with Crippen LogP contribution in [0.4, 0.5) is 5.69 Å². The van der Waals surface area contributed by atoms with E-state index in [4.69, 9.17) is 11.6 Å². The molecule has 0 fully saturated rings. The first-order valence-electron chi connectivity index (χ1n) is 9.24. The lowest BCUT2D eigenvalue weighted by Gasteiger charge is -2.14. The zero-order valence-corrected chi connectivity index (χ0v) is 17.5. The molecule has 4 rings (SSSR count). The lowest BCUT2D eigenvalue weighted by atomic mass is 10.1. The summed E-state index contributed by atoms with van der Waals surface area (Å²) >= 11 is 6.96. The smallest absolute Gasteiger partial charge is 0.265 e. The van der Waals surface area contributed by atoms with Gasteiger partial charge in [0, 0.05) is 24.9 Å². The van der Waals surface area contributed by atoms with E-state index in [1.807, 2.05) is 0 Å². The number of rotatable bonds is 7. The number of aromatic amines is 1. The zero-order valence-electron chi connectivity index (χ0n) is 16.0. The number of imidazole rings is 1. The van der Waals surface area contributed by atoms with Gasteiger partial charge in [0.15, 0.2) is 0 Å². The molecule has 0 saturated carbocycles. The van der Waals surface area contributed by atoms with Crippen LogP contribution in [0.2, 0.25) is 4.34 Å². The number of H-pyrrole nitrogens is 1. The fourth-order valence-electron chi connectivity index (χ4n) is 3.16. The predicted octanol–water partition coefficient (Wildman–Crippen LogP) is 2.33. The second kappa shape index (κ2) is 8.70. The van der Waals surface area contributed by atoms with Crippen LogP contribution in [-0.4, -0.2) is 51.6 Å². The summed E-state index contributed by atoms with van der Waals surface area (Å²) in [4.78, 5) is 58.3. The minimum absolute atomic E-state index is 0.0637. The van der Waals surface area contributed by atoms with Crippen LogP contribution in [0, 0.1) is 0 Å². The fourth-order valence-corrected chi connectivity index (χ4v) is 4.10. The number of hydrogen-bond acceptors (Lipinski definition) is 6. The maximum Gasteiger partial charge on any atom is 0.265 e. The summed E-state index contributed by atoms with van der Waals surface area (Å²) in [5.41, 5.74) is 1.26. The Kier molecular flexibility index (Phi) is 5.83. The average Bonchev–Trinajstić information content (AvgIpc) is 3.47. The number of aromatic nitrogens is 2. The minimum Gasteiger partial charge on any atom is -0.354 e. The maximum atomic E-state index is 12.9. The lowest BCUT2D eigenvalue weighted by Crippen LogP contribution is -2.41. The van der Waals surface area contributed by atoms with Crippen molar-refractivity contribution in [2.24, 2.45) is 0 Å². The first-order chi connectivity index (χ1) is 14.9. The molecule has 3 aromatic rings. The first kappa shape index (κ1) is 20.8. The third-order valence-electron chi connectivity index (χ3n) is 4.62. The average molecular weight is 458 g/mol. The molecule has 2 aromatic heterocycles. The van der Waals surface area contributed by atoms with Crippen molar-refractivity contribution >= 4 is 52.3 Å². The van der Waals surface area contributed by atoms with Crippen molar-refractivity contribution < 1.29 is 19.2 Å². The van der Waals surface area contributed by atoms with Crippen molar-refractivity contribution in [1.29, 1.82) is 0 Å². The van der Waals surface area contributed by atoms with Gasteiger partial charge in [-0.15, -0.1) is 11.3 Å². The Labute approximate surface area is 185 Å². The highest BCUT2D eigenvalue weighted by atomic mass is 35.5. The van der Waals surface area contributed by atoms with E-state index in [1.165, 1.54) is 12.1 Å². The normalized spacial score (nSPS) is 12.7. The van der Waals surface area contributed by atoms with Crippen molar-refractivity contribution in [3.63, 3.8) is 0 Å². The van der Waals surface area contributed by atoms with Crippen molar-refractivity contribution in [2.75, 3.05) is 18.4 Å². The standard InChI is InChI=1S/C20H16ClN5O4S/c21-15-5-4-14(31-15)18(28)25-13-3-1-2-12-17(13)20(30)26(19(12)29)9-16(27)23-7-6-11-8-22-10-24-11/h1-5,8,10H,6-7,9H2,(H,22,24)(H,23,27)(H,25,28). The summed E-state index contributed by atoms with van der Waals surface area (Å²) in [6, 6.07) is 7.75. The molecule has 4 amide bonds. The van der Waals surface area contributed by atoms with Crippen LogP contribution < -0.4 is 10.6 Å². The number of anilines is 1. The highest BCUT2D eigenvalue weighted by Crippen LogP contribution is 2.30. The number of carbonyl (C=O) groups is 4. The molecule has 0 unspecified atom stereocenters. The second-order valence-electron chi connectivity index (χ2n) is 6.66. The molecule has 0 radical (unpaired) electrons. The number of imide groups is 1. The van der Waals surface area contributed by atoms with Crippen molar-refractivity contribution in [3.8, 4) is 0 Å². The van der Waals surface area contributed by atoms with E-state index in [9.17, 15) is 19.2 Å². The van der Waals surface area contributed by atoms with Gasteiger partial charge in [-0.05, 0) is 24.3 Å². The highest BCUT2D eigenvalue weighted by Gasteiger charge is 2.38. The molecule has 1 aromatic carbocycles. The third-order valence-corrected chi connectivity index (χ3v) is 5.85. The first-order valence-corrected chi connectivity index (χ1v) is 10.4. The van der Waals surface area contributed by atoms with Gasteiger partial charge in [0.25, 0.3) is 17.7 Å². The molecular weight excluding hydrogens is 442 g/mol. The monoisotopic (exact) mass is 457 g/mol. The molecule has 0 atom stereocenters. The Hall–Kier alpha value is -3.50. The molecule has 158 valence electrons. The topological polar surface area (TPSA) is 124 Å². The SMILES string of the molecule is O=C(CN1C(=O)c2cccc(NC(=O)c3ccc(Cl)s3)c2C1=O)NCCc1cnc[nH]1. The van der Waals surface area contributed by atoms with Gasteiger partial charge in [-0.2, -0.15) is 0 Å². The maximum absolute atomic E-state index is 12.9. The van der Waals surface area contributed by atoms with Gasteiger partial charge < -0.3 is 15.6 Å². The number of thiophene rings is 1. The Morgan fingerprint density at radius 2 is 2.00 bits per heavy atom. The number of carbonyl (C=O) groups excluding carboxylic acids is 4. The molecule has 11 heteroatoms. The summed E-state index contributed by atoms with van der Waals surface area (Å²) in [6.45, 7) is -0.0852. The van der Waals surface area contributed by atoms with Crippen LogP contribution in [0.1, 0.15) is 36.1 Å². The molecule has 0 saturated heterocycles. The van der Waals surface area contributed by atoms with E-state index in [-0.39, 0.29) is 16.8 Å². The molecule has 31 heavy (non-hydrogen) atoms. The Balaban J connectivity index is 1.44. The van der Waals surface area contributed by atoms with Gasteiger partial charge in [0.1, 0.15) is 6.54 Å². The van der Waals surface area contributed by atoms with Crippen LogP contribution in [0.15, 0.2) is 42.9 Å². The minimum atomic E-state index is -0.635. The van der Waals surface area contributed by atoms with Gasteiger partial charge in [0.2, 0.25) is 5.91 Å². The van der Waals surface area contributed by atoms with E-state index in [0.717, 1.165) is 21.9 Å². The number of halogens is 1. The molecule has 1 aliphatic rings. The molecule has 3 N–H and O–H groups in total. The molecule has 0 spiro atoms.